The summed E-state index contributed by atoms with van der Waals surface area (Å²) in [4.78, 5) is 1.07. The molecule has 4 rings (SSSR count). The van der Waals surface area contributed by atoms with Crippen LogP contribution in [0.15, 0.2) is 68.1 Å². The van der Waals surface area contributed by atoms with Crippen LogP contribution in [0, 0.1) is 0 Å². The molecule has 0 bridgehead atoms. The molecule has 0 aliphatic heterocycles. The minimum absolute atomic E-state index is 0.518. The SMILES string of the molecule is c1ccc(-c2nnc(SCc3cc(-c4cccs4)on3)o2)cc1. The Morgan fingerprint density at radius 1 is 1.04 bits per heavy atom. The standard InChI is InChI=1S/C16H11N3O2S2/c1-2-5-11(6-3-1)15-17-18-16(20-15)23-10-12-9-13(21-19-12)14-7-4-8-22-14/h1-9H,10H2. The van der Waals surface area contributed by atoms with E-state index >= 15 is 0 Å². The molecule has 23 heavy (non-hydrogen) atoms. The molecule has 0 amide bonds. The van der Waals surface area contributed by atoms with Crippen molar-refractivity contribution in [3.8, 4) is 22.1 Å². The summed E-state index contributed by atoms with van der Waals surface area (Å²) in [5.41, 5.74) is 1.76. The van der Waals surface area contributed by atoms with Crippen LogP contribution in [0.25, 0.3) is 22.1 Å². The van der Waals surface area contributed by atoms with Crippen molar-refractivity contribution in [1.29, 1.82) is 0 Å². The van der Waals surface area contributed by atoms with Gasteiger partial charge in [0.15, 0.2) is 5.76 Å². The summed E-state index contributed by atoms with van der Waals surface area (Å²) < 4.78 is 11.0. The van der Waals surface area contributed by atoms with Gasteiger partial charge in [-0.2, -0.15) is 0 Å². The van der Waals surface area contributed by atoms with Crippen molar-refractivity contribution in [3.05, 3.63) is 59.6 Å². The molecule has 0 radical (unpaired) electrons. The third-order valence-electron chi connectivity index (χ3n) is 3.09. The summed E-state index contributed by atoms with van der Waals surface area (Å²) in [7, 11) is 0. The van der Waals surface area contributed by atoms with Gasteiger partial charge in [0.05, 0.1) is 10.6 Å². The van der Waals surface area contributed by atoms with Crippen LogP contribution in [0.3, 0.4) is 0 Å². The number of thioether (sulfide) groups is 1. The van der Waals surface area contributed by atoms with Crippen LogP contribution in [0.4, 0.5) is 0 Å². The maximum absolute atomic E-state index is 5.65. The van der Waals surface area contributed by atoms with Gasteiger partial charge in [-0.25, -0.2) is 0 Å². The lowest BCUT2D eigenvalue weighted by atomic mass is 10.2. The van der Waals surface area contributed by atoms with E-state index in [2.05, 4.69) is 15.4 Å². The molecule has 0 aliphatic carbocycles. The third kappa shape index (κ3) is 3.20. The first kappa shape index (κ1) is 14.2. The van der Waals surface area contributed by atoms with Crippen molar-refractivity contribution in [2.45, 2.75) is 11.0 Å². The Bertz CT molecular complexity index is 885. The number of benzene rings is 1. The average molecular weight is 341 g/mol. The van der Waals surface area contributed by atoms with Gasteiger partial charge in [-0.15, -0.1) is 21.5 Å². The van der Waals surface area contributed by atoms with Crippen molar-refractivity contribution in [2.75, 3.05) is 0 Å². The molecular weight excluding hydrogens is 330 g/mol. The molecule has 0 saturated heterocycles. The molecule has 3 heterocycles. The minimum Gasteiger partial charge on any atom is -0.411 e. The van der Waals surface area contributed by atoms with Crippen LogP contribution in [0.5, 0.6) is 0 Å². The first-order chi connectivity index (χ1) is 11.4. The second-order valence-electron chi connectivity index (χ2n) is 4.69. The zero-order chi connectivity index (χ0) is 15.5. The Morgan fingerprint density at radius 3 is 2.78 bits per heavy atom. The normalized spacial score (nSPS) is 11.0. The molecular formula is C16H11N3O2S2. The summed E-state index contributed by atoms with van der Waals surface area (Å²) in [5, 5.41) is 14.7. The molecule has 114 valence electrons. The number of aromatic nitrogens is 3. The summed E-state index contributed by atoms with van der Waals surface area (Å²) in [5.74, 6) is 1.92. The number of thiophene rings is 1. The maximum Gasteiger partial charge on any atom is 0.277 e. The fraction of sp³-hybridized carbons (Fsp3) is 0.0625. The molecule has 4 aromatic rings. The van der Waals surface area contributed by atoms with Crippen LogP contribution in [-0.4, -0.2) is 15.4 Å². The second kappa shape index (κ2) is 6.39. The zero-order valence-electron chi connectivity index (χ0n) is 11.9. The zero-order valence-corrected chi connectivity index (χ0v) is 13.5. The van der Waals surface area contributed by atoms with Gasteiger partial charge >= 0.3 is 0 Å². The summed E-state index contributed by atoms with van der Waals surface area (Å²) >= 11 is 3.06. The van der Waals surface area contributed by atoms with Gasteiger partial charge in [0.25, 0.3) is 5.22 Å². The first-order valence-corrected chi connectivity index (χ1v) is 8.76. The lowest BCUT2D eigenvalue weighted by Crippen LogP contribution is -1.79. The molecule has 0 N–H and O–H groups in total. The van der Waals surface area contributed by atoms with Crippen molar-refractivity contribution in [1.82, 2.24) is 15.4 Å². The minimum atomic E-state index is 0.518. The van der Waals surface area contributed by atoms with Gasteiger partial charge in [0.1, 0.15) is 0 Å². The first-order valence-electron chi connectivity index (χ1n) is 6.90. The van der Waals surface area contributed by atoms with Crippen LogP contribution in [0.1, 0.15) is 5.69 Å². The maximum atomic E-state index is 5.65. The van der Waals surface area contributed by atoms with Gasteiger partial charge in [-0.1, -0.05) is 41.2 Å². The molecule has 0 aliphatic rings. The number of hydrogen-bond acceptors (Lipinski definition) is 7. The Labute approximate surface area is 140 Å². The van der Waals surface area contributed by atoms with Crippen LogP contribution in [-0.2, 0) is 5.75 Å². The molecule has 0 fully saturated rings. The van der Waals surface area contributed by atoms with Crippen LogP contribution >= 0.6 is 23.1 Å². The fourth-order valence-electron chi connectivity index (χ4n) is 2.02. The molecule has 7 heteroatoms. The highest BCUT2D eigenvalue weighted by Gasteiger charge is 2.12. The van der Waals surface area contributed by atoms with E-state index < -0.39 is 0 Å². The van der Waals surface area contributed by atoms with E-state index in [1.165, 1.54) is 11.8 Å². The second-order valence-corrected chi connectivity index (χ2v) is 6.56. The van der Waals surface area contributed by atoms with Gasteiger partial charge in [-0.3, -0.25) is 0 Å². The van der Waals surface area contributed by atoms with Crippen molar-refractivity contribution in [3.63, 3.8) is 0 Å². The van der Waals surface area contributed by atoms with Crippen LogP contribution < -0.4 is 0 Å². The molecule has 0 saturated carbocycles. The third-order valence-corrected chi connectivity index (χ3v) is 4.83. The molecule has 0 unspecified atom stereocenters. The summed E-state index contributed by atoms with van der Waals surface area (Å²) in [6, 6.07) is 15.6. The number of rotatable bonds is 5. The number of nitrogens with zero attached hydrogens (tertiary/aromatic N) is 3. The van der Waals surface area contributed by atoms with E-state index in [-0.39, 0.29) is 0 Å². The lowest BCUT2D eigenvalue weighted by molar-refractivity contribution is 0.427. The highest BCUT2D eigenvalue weighted by atomic mass is 32.2. The van der Waals surface area contributed by atoms with Crippen LogP contribution in [0.2, 0.25) is 0 Å². The van der Waals surface area contributed by atoms with E-state index in [0.717, 1.165) is 21.9 Å². The number of hydrogen-bond donors (Lipinski definition) is 0. The molecule has 5 nitrogen and oxygen atoms in total. The van der Waals surface area contributed by atoms with Crippen molar-refractivity contribution < 1.29 is 8.94 Å². The molecule has 1 aromatic carbocycles. The van der Waals surface area contributed by atoms with Gasteiger partial charge < -0.3 is 8.94 Å². The summed E-state index contributed by atoms with van der Waals surface area (Å²) in [6.45, 7) is 0. The predicted octanol–water partition coefficient (Wildman–Crippen LogP) is 4.75. The largest absolute Gasteiger partial charge is 0.411 e. The van der Waals surface area contributed by atoms with E-state index in [1.807, 2.05) is 53.9 Å². The predicted molar refractivity (Wildman–Crippen MR) is 89.1 cm³/mol. The van der Waals surface area contributed by atoms with Gasteiger partial charge in [0.2, 0.25) is 5.89 Å². The van der Waals surface area contributed by atoms with E-state index in [9.17, 15) is 0 Å². The Kier molecular flexibility index (Phi) is 3.95. The van der Waals surface area contributed by atoms with Crippen molar-refractivity contribution >= 4 is 23.1 Å². The molecule has 3 aromatic heterocycles. The Morgan fingerprint density at radius 2 is 1.96 bits per heavy atom. The molecule has 0 atom stereocenters. The summed E-state index contributed by atoms with van der Waals surface area (Å²) in [6.07, 6.45) is 0. The van der Waals surface area contributed by atoms with E-state index in [4.69, 9.17) is 8.94 Å². The molecule has 0 spiro atoms. The lowest BCUT2D eigenvalue weighted by Gasteiger charge is -1.92. The van der Waals surface area contributed by atoms with Crippen molar-refractivity contribution in [2.24, 2.45) is 0 Å². The van der Waals surface area contributed by atoms with E-state index in [1.54, 1.807) is 11.3 Å². The highest BCUT2D eigenvalue weighted by Crippen LogP contribution is 2.29. The fourth-order valence-corrected chi connectivity index (χ4v) is 3.33. The van der Waals surface area contributed by atoms with E-state index in [0.29, 0.717) is 16.9 Å². The highest BCUT2D eigenvalue weighted by molar-refractivity contribution is 7.98. The quantitative estimate of drug-likeness (QED) is 0.488. The Balaban J connectivity index is 1.43. The average Bonchev–Trinajstić information content (AvgIpc) is 3.33. The van der Waals surface area contributed by atoms with Gasteiger partial charge in [0, 0.05) is 17.4 Å². The monoisotopic (exact) mass is 341 g/mol. The Hall–Kier alpha value is -2.38. The topological polar surface area (TPSA) is 65.0 Å². The smallest absolute Gasteiger partial charge is 0.277 e. The van der Waals surface area contributed by atoms with Gasteiger partial charge in [-0.05, 0) is 23.6 Å².